The number of piperidine rings is 1. The summed E-state index contributed by atoms with van der Waals surface area (Å²) < 4.78 is 38.0. The van der Waals surface area contributed by atoms with E-state index < -0.39 is 11.7 Å². The van der Waals surface area contributed by atoms with Crippen molar-refractivity contribution in [3.63, 3.8) is 0 Å². The molecular formula is C14H18ClF3N2O. The van der Waals surface area contributed by atoms with Gasteiger partial charge in [0.25, 0.3) is 5.91 Å². The SMILES string of the molecule is CN(C(=O)c1cccc(C(F)(F)F)c1)C1CCCNC1.Cl. The highest BCUT2D eigenvalue weighted by atomic mass is 35.5. The van der Waals surface area contributed by atoms with Crippen LogP contribution in [-0.4, -0.2) is 37.0 Å². The molecular weight excluding hydrogens is 305 g/mol. The molecule has 21 heavy (non-hydrogen) atoms. The summed E-state index contributed by atoms with van der Waals surface area (Å²) in [5, 5.41) is 3.18. The van der Waals surface area contributed by atoms with Gasteiger partial charge in [0.2, 0.25) is 0 Å². The molecule has 0 spiro atoms. The molecule has 0 aromatic heterocycles. The molecule has 0 aliphatic carbocycles. The van der Waals surface area contributed by atoms with Gasteiger partial charge in [-0.25, -0.2) is 0 Å². The summed E-state index contributed by atoms with van der Waals surface area (Å²) in [6.45, 7) is 1.60. The van der Waals surface area contributed by atoms with E-state index in [4.69, 9.17) is 0 Å². The van der Waals surface area contributed by atoms with Gasteiger partial charge in [0.05, 0.1) is 5.56 Å². The Kier molecular flexibility index (Phi) is 6.04. The van der Waals surface area contributed by atoms with E-state index in [0.29, 0.717) is 6.54 Å². The predicted molar refractivity (Wildman–Crippen MR) is 76.7 cm³/mol. The Morgan fingerprint density at radius 2 is 2.10 bits per heavy atom. The van der Waals surface area contributed by atoms with Crippen LogP contribution in [0.2, 0.25) is 0 Å². The van der Waals surface area contributed by atoms with E-state index in [0.717, 1.165) is 31.5 Å². The average Bonchev–Trinajstić information content (AvgIpc) is 2.46. The van der Waals surface area contributed by atoms with Gasteiger partial charge in [0, 0.05) is 25.2 Å². The number of carbonyl (C=O) groups excluding carboxylic acids is 1. The number of alkyl halides is 3. The molecule has 0 radical (unpaired) electrons. The van der Waals surface area contributed by atoms with Crippen molar-refractivity contribution in [1.29, 1.82) is 0 Å². The highest BCUT2D eigenvalue weighted by molar-refractivity contribution is 5.94. The Morgan fingerprint density at radius 1 is 1.38 bits per heavy atom. The van der Waals surface area contributed by atoms with Gasteiger partial charge in [-0.2, -0.15) is 13.2 Å². The van der Waals surface area contributed by atoms with Gasteiger partial charge in [-0.3, -0.25) is 4.79 Å². The predicted octanol–water partition coefficient (Wildman–Crippen LogP) is 2.95. The van der Waals surface area contributed by atoms with E-state index in [1.807, 2.05) is 0 Å². The first-order chi connectivity index (χ1) is 9.39. The van der Waals surface area contributed by atoms with Crippen LogP contribution in [0, 0.1) is 0 Å². The van der Waals surface area contributed by atoms with E-state index in [1.54, 1.807) is 7.05 Å². The number of nitrogens with zero attached hydrogens (tertiary/aromatic N) is 1. The largest absolute Gasteiger partial charge is 0.416 e. The lowest BCUT2D eigenvalue weighted by atomic mass is 10.0. The second-order valence-corrected chi connectivity index (χ2v) is 4.99. The van der Waals surface area contributed by atoms with Gasteiger partial charge in [-0.15, -0.1) is 12.4 Å². The average molecular weight is 323 g/mol. The molecule has 1 aliphatic rings. The second-order valence-electron chi connectivity index (χ2n) is 4.99. The maximum Gasteiger partial charge on any atom is 0.416 e. The van der Waals surface area contributed by atoms with Crippen molar-refractivity contribution in [3.8, 4) is 0 Å². The molecule has 1 fully saturated rings. The first-order valence-electron chi connectivity index (χ1n) is 6.55. The van der Waals surface area contributed by atoms with Gasteiger partial charge >= 0.3 is 6.18 Å². The summed E-state index contributed by atoms with van der Waals surface area (Å²) in [5.74, 6) is -0.371. The van der Waals surface area contributed by atoms with Gasteiger partial charge in [-0.05, 0) is 37.6 Å². The summed E-state index contributed by atoms with van der Waals surface area (Å²) in [6, 6.07) is 4.60. The van der Waals surface area contributed by atoms with E-state index in [2.05, 4.69) is 5.32 Å². The molecule has 1 atom stereocenters. The lowest BCUT2D eigenvalue weighted by Gasteiger charge is -2.31. The first-order valence-corrected chi connectivity index (χ1v) is 6.55. The molecule has 2 rings (SSSR count). The highest BCUT2D eigenvalue weighted by Gasteiger charge is 2.31. The number of hydrogen-bond acceptors (Lipinski definition) is 2. The molecule has 7 heteroatoms. The number of hydrogen-bond donors (Lipinski definition) is 1. The molecule has 3 nitrogen and oxygen atoms in total. The van der Waals surface area contributed by atoms with E-state index in [9.17, 15) is 18.0 Å². The zero-order valence-electron chi connectivity index (χ0n) is 11.6. The lowest BCUT2D eigenvalue weighted by molar-refractivity contribution is -0.137. The van der Waals surface area contributed by atoms with Crippen LogP contribution < -0.4 is 5.32 Å². The van der Waals surface area contributed by atoms with Crippen molar-refractivity contribution in [2.75, 3.05) is 20.1 Å². The molecule has 0 bridgehead atoms. The van der Waals surface area contributed by atoms with Crippen molar-refractivity contribution in [2.45, 2.75) is 25.1 Å². The van der Waals surface area contributed by atoms with Crippen LogP contribution in [0.5, 0.6) is 0 Å². The normalized spacial score (nSPS) is 18.8. The van der Waals surface area contributed by atoms with Gasteiger partial charge in [0.15, 0.2) is 0 Å². The van der Waals surface area contributed by atoms with Crippen molar-refractivity contribution in [3.05, 3.63) is 35.4 Å². The van der Waals surface area contributed by atoms with Crippen LogP contribution in [0.4, 0.5) is 13.2 Å². The number of amides is 1. The summed E-state index contributed by atoms with van der Waals surface area (Å²) in [4.78, 5) is 13.8. The minimum absolute atomic E-state index is 0. The molecule has 1 amide bonds. The van der Waals surface area contributed by atoms with Crippen molar-refractivity contribution < 1.29 is 18.0 Å². The molecule has 0 saturated carbocycles. The van der Waals surface area contributed by atoms with Gasteiger partial charge in [0.1, 0.15) is 0 Å². The molecule has 1 heterocycles. The van der Waals surface area contributed by atoms with Crippen LogP contribution in [0.1, 0.15) is 28.8 Å². The van der Waals surface area contributed by atoms with Gasteiger partial charge in [-0.1, -0.05) is 6.07 Å². The number of rotatable bonds is 2. The Bertz CT molecular complexity index is 487. The highest BCUT2D eigenvalue weighted by Crippen LogP contribution is 2.29. The monoisotopic (exact) mass is 322 g/mol. The van der Waals surface area contributed by atoms with Crippen molar-refractivity contribution >= 4 is 18.3 Å². The quantitative estimate of drug-likeness (QED) is 0.908. The van der Waals surface area contributed by atoms with Crippen LogP contribution in [0.3, 0.4) is 0 Å². The van der Waals surface area contributed by atoms with E-state index in [1.165, 1.54) is 17.0 Å². The number of benzene rings is 1. The molecule has 1 unspecified atom stereocenters. The summed E-state index contributed by atoms with van der Waals surface area (Å²) in [6.07, 6.45) is -2.60. The van der Waals surface area contributed by atoms with Gasteiger partial charge < -0.3 is 10.2 Å². The lowest BCUT2D eigenvalue weighted by Crippen LogP contribution is -2.46. The van der Waals surface area contributed by atoms with Crippen LogP contribution >= 0.6 is 12.4 Å². The molecule has 1 aromatic rings. The number of likely N-dealkylation sites (N-methyl/N-ethyl adjacent to an activating group) is 1. The Labute approximate surface area is 127 Å². The fourth-order valence-electron chi connectivity index (χ4n) is 2.36. The fraction of sp³-hybridized carbons (Fsp3) is 0.500. The minimum atomic E-state index is -4.43. The molecule has 118 valence electrons. The summed E-state index contributed by atoms with van der Waals surface area (Å²) in [5.41, 5.74) is -0.716. The summed E-state index contributed by atoms with van der Waals surface area (Å²) in [7, 11) is 1.64. The zero-order valence-corrected chi connectivity index (χ0v) is 12.4. The molecule has 1 aromatic carbocycles. The molecule has 1 saturated heterocycles. The summed E-state index contributed by atoms with van der Waals surface area (Å²) >= 11 is 0. The van der Waals surface area contributed by atoms with Crippen LogP contribution in [-0.2, 0) is 6.18 Å². The Hall–Kier alpha value is -1.27. The van der Waals surface area contributed by atoms with Crippen molar-refractivity contribution in [1.82, 2.24) is 10.2 Å². The maximum absolute atomic E-state index is 12.7. The fourth-order valence-corrected chi connectivity index (χ4v) is 2.36. The van der Waals surface area contributed by atoms with E-state index >= 15 is 0 Å². The number of halogens is 4. The van der Waals surface area contributed by atoms with Crippen LogP contribution in [0.25, 0.3) is 0 Å². The van der Waals surface area contributed by atoms with Crippen molar-refractivity contribution in [2.24, 2.45) is 0 Å². The third-order valence-electron chi connectivity index (χ3n) is 3.58. The third-order valence-corrected chi connectivity index (χ3v) is 3.58. The topological polar surface area (TPSA) is 32.3 Å². The molecule has 1 N–H and O–H groups in total. The van der Waals surface area contributed by atoms with E-state index in [-0.39, 0.29) is 29.9 Å². The second kappa shape index (κ2) is 7.13. The first kappa shape index (κ1) is 17.8. The molecule has 1 aliphatic heterocycles. The minimum Gasteiger partial charge on any atom is -0.337 e. The zero-order chi connectivity index (χ0) is 14.8. The number of carbonyl (C=O) groups is 1. The Balaban J connectivity index is 0.00000220. The Morgan fingerprint density at radius 3 is 2.67 bits per heavy atom. The smallest absolute Gasteiger partial charge is 0.337 e. The maximum atomic E-state index is 12.7. The standard InChI is InChI=1S/C14H17F3N2O.ClH/c1-19(12-6-3-7-18-9-12)13(20)10-4-2-5-11(8-10)14(15,16)17;/h2,4-5,8,12,18H,3,6-7,9H2,1H3;1H. The number of nitrogens with one attached hydrogen (secondary N) is 1. The third kappa shape index (κ3) is 4.35. The van der Waals surface area contributed by atoms with Crippen LogP contribution in [0.15, 0.2) is 24.3 Å².